The van der Waals surface area contributed by atoms with Gasteiger partial charge in [-0.1, -0.05) is 18.2 Å². The highest BCUT2D eigenvalue weighted by molar-refractivity contribution is 7.80. The van der Waals surface area contributed by atoms with Crippen LogP contribution in [-0.4, -0.2) is 39.9 Å². The average molecular weight is 273 g/mol. The Hall–Kier alpha value is -1.88. The van der Waals surface area contributed by atoms with E-state index in [1.54, 1.807) is 7.05 Å². The predicted molar refractivity (Wildman–Crippen MR) is 78.8 cm³/mol. The molecular weight excluding hydrogens is 258 g/mol. The summed E-state index contributed by atoms with van der Waals surface area (Å²) in [6, 6.07) is 8.34. The Morgan fingerprint density at radius 3 is 3.05 bits per heavy atom. The molecule has 1 aromatic heterocycles. The van der Waals surface area contributed by atoms with Crippen LogP contribution in [-0.2, 0) is 17.8 Å². The molecular formula is C14H15N3OS. The molecule has 0 atom stereocenters. The van der Waals surface area contributed by atoms with E-state index in [1.807, 2.05) is 6.07 Å². The second-order valence-corrected chi connectivity index (χ2v) is 5.16. The Bertz CT molecular complexity index is 649. The fourth-order valence-electron chi connectivity index (χ4n) is 2.62. The molecule has 0 radical (unpaired) electrons. The molecule has 1 aliphatic heterocycles. The zero-order valence-corrected chi connectivity index (χ0v) is 11.5. The summed E-state index contributed by atoms with van der Waals surface area (Å²) in [6.45, 7) is 1.59. The maximum atomic E-state index is 10.8. The zero-order valence-electron chi connectivity index (χ0n) is 10.7. The molecule has 0 spiro atoms. The molecule has 1 amide bonds. The molecule has 2 aromatic rings. The van der Waals surface area contributed by atoms with Gasteiger partial charge in [0, 0.05) is 30.2 Å². The lowest BCUT2D eigenvalue weighted by Gasteiger charge is -2.31. The highest BCUT2D eigenvalue weighted by atomic mass is 32.1. The van der Waals surface area contributed by atoms with E-state index in [0.717, 1.165) is 25.9 Å². The number of fused-ring (bicyclic) bond motifs is 3. The van der Waals surface area contributed by atoms with Crippen LogP contribution >= 0.6 is 12.2 Å². The quantitative estimate of drug-likeness (QED) is 0.637. The number of hydrogen-bond donors (Lipinski definition) is 1. The summed E-state index contributed by atoms with van der Waals surface area (Å²) in [4.78, 5) is 17.7. The van der Waals surface area contributed by atoms with Crippen molar-refractivity contribution in [3.05, 3.63) is 35.5 Å². The molecule has 5 heteroatoms. The number of amides is 1. The molecule has 3 rings (SSSR count). The number of rotatable bonds is 1. The van der Waals surface area contributed by atoms with Crippen LogP contribution in [0, 0.1) is 0 Å². The van der Waals surface area contributed by atoms with Gasteiger partial charge in [-0.2, -0.15) is 0 Å². The third-order valence-electron chi connectivity index (χ3n) is 3.61. The van der Waals surface area contributed by atoms with Gasteiger partial charge in [-0.25, -0.2) is 0 Å². The fraction of sp³-hybridized carbons (Fsp3) is 0.286. The standard InChI is InChI=1S/C14H15N3OS/c1-16(9-18)14(19)17-7-6-11-10-4-2-3-5-12(10)15-13(11)8-17/h2-5,9,15H,6-8H2,1H3. The number of nitrogens with one attached hydrogen (secondary N) is 1. The second kappa shape index (κ2) is 4.66. The first-order chi connectivity index (χ1) is 9.20. The van der Waals surface area contributed by atoms with Crippen LogP contribution in [0.1, 0.15) is 11.3 Å². The number of para-hydroxylation sites is 1. The van der Waals surface area contributed by atoms with Crippen LogP contribution in [0.5, 0.6) is 0 Å². The van der Waals surface area contributed by atoms with Crippen LogP contribution in [0.2, 0.25) is 0 Å². The van der Waals surface area contributed by atoms with Gasteiger partial charge >= 0.3 is 0 Å². The van der Waals surface area contributed by atoms with Gasteiger partial charge in [0.15, 0.2) is 5.11 Å². The summed E-state index contributed by atoms with van der Waals surface area (Å²) in [7, 11) is 1.69. The van der Waals surface area contributed by atoms with Gasteiger partial charge in [-0.05, 0) is 30.3 Å². The molecule has 1 aliphatic rings. The van der Waals surface area contributed by atoms with Crippen molar-refractivity contribution in [2.45, 2.75) is 13.0 Å². The smallest absolute Gasteiger partial charge is 0.215 e. The van der Waals surface area contributed by atoms with E-state index >= 15 is 0 Å². The van der Waals surface area contributed by atoms with Gasteiger partial charge in [-0.3, -0.25) is 9.69 Å². The minimum absolute atomic E-state index is 0.583. The van der Waals surface area contributed by atoms with Crippen molar-refractivity contribution in [2.24, 2.45) is 0 Å². The molecule has 1 aromatic carbocycles. The lowest BCUT2D eigenvalue weighted by atomic mass is 10.0. The average Bonchev–Trinajstić information content (AvgIpc) is 2.83. The molecule has 0 fully saturated rings. The summed E-state index contributed by atoms with van der Waals surface area (Å²) < 4.78 is 0. The lowest BCUT2D eigenvalue weighted by molar-refractivity contribution is -0.114. The zero-order chi connectivity index (χ0) is 13.4. The molecule has 0 saturated heterocycles. The van der Waals surface area contributed by atoms with E-state index in [4.69, 9.17) is 12.2 Å². The number of carbonyl (C=O) groups excluding carboxylic acids is 1. The van der Waals surface area contributed by atoms with Crippen molar-refractivity contribution >= 4 is 34.6 Å². The van der Waals surface area contributed by atoms with Crippen LogP contribution in [0.15, 0.2) is 24.3 Å². The monoisotopic (exact) mass is 273 g/mol. The van der Waals surface area contributed by atoms with Crippen molar-refractivity contribution in [3.8, 4) is 0 Å². The van der Waals surface area contributed by atoms with Crippen molar-refractivity contribution in [3.63, 3.8) is 0 Å². The van der Waals surface area contributed by atoms with Crippen molar-refractivity contribution in [2.75, 3.05) is 13.6 Å². The lowest BCUT2D eigenvalue weighted by Crippen LogP contribution is -2.42. The summed E-state index contributed by atoms with van der Waals surface area (Å²) >= 11 is 5.31. The predicted octanol–water partition coefficient (Wildman–Crippen LogP) is 1.90. The van der Waals surface area contributed by atoms with E-state index < -0.39 is 0 Å². The Labute approximate surface area is 117 Å². The SMILES string of the molecule is CN(C=O)C(=S)N1CCc2c([nH]c3ccccc23)C1. The molecule has 0 aliphatic carbocycles. The Balaban J connectivity index is 1.92. The number of hydrogen-bond acceptors (Lipinski definition) is 2. The molecule has 1 N–H and O–H groups in total. The summed E-state index contributed by atoms with van der Waals surface area (Å²) in [5.41, 5.74) is 3.75. The summed E-state index contributed by atoms with van der Waals surface area (Å²) in [6.07, 6.45) is 1.70. The molecule has 2 heterocycles. The van der Waals surface area contributed by atoms with E-state index in [1.165, 1.54) is 27.1 Å². The third kappa shape index (κ3) is 2.00. The van der Waals surface area contributed by atoms with Crippen LogP contribution < -0.4 is 0 Å². The Morgan fingerprint density at radius 1 is 1.47 bits per heavy atom. The summed E-state index contributed by atoms with van der Waals surface area (Å²) in [5.74, 6) is 0. The van der Waals surface area contributed by atoms with Gasteiger partial charge in [-0.15, -0.1) is 0 Å². The second-order valence-electron chi connectivity index (χ2n) is 4.80. The number of aromatic amines is 1. The van der Waals surface area contributed by atoms with Gasteiger partial charge in [0.2, 0.25) is 6.41 Å². The third-order valence-corrected chi connectivity index (χ3v) is 4.16. The number of H-pyrrole nitrogens is 1. The van der Waals surface area contributed by atoms with Gasteiger partial charge in [0.25, 0.3) is 0 Å². The minimum atomic E-state index is 0.583. The number of nitrogens with zero attached hydrogens (tertiary/aromatic N) is 2. The number of aromatic nitrogens is 1. The number of carbonyl (C=O) groups is 1. The van der Waals surface area contributed by atoms with Crippen molar-refractivity contribution < 1.29 is 4.79 Å². The first-order valence-corrected chi connectivity index (χ1v) is 6.67. The maximum absolute atomic E-state index is 10.8. The van der Waals surface area contributed by atoms with Crippen LogP contribution in [0.4, 0.5) is 0 Å². The Kier molecular flexibility index (Phi) is 2.98. The van der Waals surface area contributed by atoms with Crippen molar-refractivity contribution in [1.29, 1.82) is 0 Å². The van der Waals surface area contributed by atoms with E-state index in [0.29, 0.717) is 5.11 Å². The Morgan fingerprint density at radius 2 is 2.26 bits per heavy atom. The van der Waals surface area contributed by atoms with Crippen molar-refractivity contribution in [1.82, 2.24) is 14.8 Å². The van der Waals surface area contributed by atoms with Gasteiger partial charge < -0.3 is 9.88 Å². The normalized spacial score (nSPS) is 14.3. The molecule has 19 heavy (non-hydrogen) atoms. The number of benzene rings is 1. The molecule has 0 unspecified atom stereocenters. The largest absolute Gasteiger partial charge is 0.357 e. The topological polar surface area (TPSA) is 39.3 Å². The van der Waals surface area contributed by atoms with Crippen LogP contribution in [0.3, 0.4) is 0 Å². The highest BCUT2D eigenvalue weighted by Gasteiger charge is 2.23. The molecule has 0 bridgehead atoms. The molecule has 4 nitrogen and oxygen atoms in total. The van der Waals surface area contributed by atoms with E-state index in [2.05, 4.69) is 28.1 Å². The van der Waals surface area contributed by atoms with Crippen LogP contribution in [0.25, 0.3) is 10.9 Å². The minimum Gasteiger partial charge on any atom is -0.357 e. The van der Waals surface area contributed by atoms with E-state index in [-0.39, 0.29) is 0 Å². The first kappa shape index (κ1) is 12.2. The summed E-state index contributed by atoms with van der Waals surface area (Å²) in [5, 5.41) is 1.88. The van der Waals surface area contributed by atoms with E-state index in [9.17, 15) is 4.79 Å². The molecule has 98 valence electrons. The molecule has 0 saturated carbocycles. The van der Waals surface area contributed by atoms with Gasteiger partial charge in [0.1, 0.15) is 0 Å². The highest BCUT2D eigenvalue weighted by Crippen LogP contribution is 2.27. The first-order valence-electron chi connectivity index (χ1n) is 6.26. The van der Waals surface area contributed by atoms with Gasteiger partial charge in [0.05, 0.1) is 6.54 Å². The fourth-order valence-corrected chi connectivity index (χ4v) is 2.82. The maximum Gasteiger partial charge on any atom is 0.215 e. The number of thiocarbonyl (C=S) groups is 1.